The largest absolute Gasteiger partial charge is 0.480 e. The van der Waals surface area contributed by atoms with E-state index in [1.165, 1.54) is 9.78 Å². The molecule has 0 saturated carbocycles. The minimum Gasteiger partial charge on any atom is -0.480 e. The monoisotopic (exact) mass is 297 g/mol. The molecule has 0 fully saturated rings. The van der Waals surface area contributed by atoms with Gasteiger partial charge in [-0.25, -0.2) is 0 Å². The molecule has 1 unspecified atom stereocenters. The first kappa shape index (κ1) is 15.0. The Kier molecular flexibility index (Phi) is 5.14. The number of nitrogens with zero attached hydrogens (tertiary/aromatic N) is 1. The molecule has 2 rings (SSSR count). The van der Waals surface area contributed by atoms with Gasteiger partial charge in [0.2, 0.25) is 5.91 Å². The zero-order valence-electron chi connectivity index (χ0n) is 11.5. The molecule has 1 aromatic heterocycles. The standard InChI is InChI=1S/C14H19NO4S/c1-19-7-6-15(9-13(16)17)14(18)11-3-2-4-12-10(11)5-8-20-12/h5,8,11H,2-4,6-7,9H2,1H3,(H,16,17). The Balaban J connectivity index is 2.13. The topological polar surface area (TPSA) is 66.8 Å². The van der Waals surface area contributed by atoms with Crippen LogP contribution in [-0.2, 0) is 20.7 Å². The Morgan fingerprint density at radius 1 is 1.55 bits per heavy atom. The van der Waals surface area contributed by atoms with Gasteiger partial charge in [0, 0.05) is 18.5 Å². The van der Waals surface area contributed by atoms with Gasteiger partial charge in [-0.05, 0) is 36.3 Å². The summed E-state index contributed by atoms with van der Waals surface area (Å²) in [5.41, 5.74) is 1.08. The molecule has 0 radical (unpaired) electrons. The highest BCUT2D eigenvalue weighted by Crippen LogP contribution is 2.36. The first-order valence-electron chi connectivity index (χ1n) is 6.69. The molecular weight excluding hydrogens is 278 g/mol. The molecule has 1 aliphatic rings. The summed E-state index contributed by atoms with van der Waals surface area (Å²) in [6.07, 6.45) is 2.80. The number of carboxylic acids is 1. The molecule has 1 atom stereocenters. The molecule has 0 spiro atoms. The van der Waals surface area contributed by atoms with Crippen molar-refractivity contribution in [3.05, 3.63) is 21.9 Å². The summed E-state index contributed by atoms with van der Waals surface area (Å²) in [4.78, 5) is 26.2. The van der Waals surface area contributed by atoms with Gasteiger partial charge >= 0.3 is 5.97 Å². The number of fused-ring (bicyclic) bond motifs is 1. The first-order valence-corrected chi connectivity index (χ1v) is 7.57. The normalized spacial score (nSPS) is 17.6. The number of hydrogen-bond donors (Lipinski definition) is 1. The van der Waals surface area contributed by atoms with Crippen LogP contribution in [0.4, 0.5) is 0 Å². The smallest absolute Gasteiger partial charge is 0.323 e. The number of carbonyl (C=O) groups excluding carboxylic acids is 1. The van der Waals surface area contributed by atoms with Gasteiger partial charge in [-0.2, -0.15) is 0 Å². The van der Waals surface area contributed by atoms with Crippen LogP contribution in [0.25, 0.3) is 0 Å². The minimum absolute atomic E-state index is 0.0937. The van der Waals surface area contributed by atoms with E-state index in [4.69, 9.17) is 9.84 Å². The molecular formula is C14H19NO4S. The fourth-order valence-corrected chi connectivity index (χ4v) is 3.58. The van der Waals surface area contributed by atoms with Gasteiger partial charge in [-0.15, -0.1) is 11.3 Å². The molecule has 0 aliphatic heterocycles. The van der Waals surface area contributed by atoms with Crippen LogP contribution in [0.3, 0.4) is 0 Å². The van der Waals surface area contributed by atoms with Gasteiger partial charge in [0.25, 0.3) is 0 Å². The molecule has 20 heavy (non-hydrogen) atoms. The second kappa shape index (κ2) is 6.85. The molecule has 0 bridgehead atoms. The van der Waals surface area contributed by atoms with E-state index in [2.05, 4.69) is 0 Å². The molecule has 6 heteroatoms. The molecule has 1 aliphatic carbocycles. The number of rotatable bonds is 6. The lowest BCUT2D eigenvalue weighted by molar-refractivity contribution is -0.145. The van der Waals surface area contributed by atoms with Crippen LogP contribution < -0.4 is 0 Å². The number of aliphatic carboxylic acids is 1. The van der Waals surface area contributed by atoms with Crippen molar-refractivity contribution in [1.82, 2.24) is 4.90 Å². The third-order valence-electron chi connectivity index (χ3n) is 3.55. The third-order valence-corrected chi connectivity index (χ3v) is 4.55. The van der Waals surface area contributed by atoms with E-state index in [0.717, 1.165) is 24.8 Å². The van der Waals surface area contributed by atoms with Crippen LogP contribution in [0.15, 0.2) is 11.4 Å². The molecule has 1 heterocycles. The number of carbonyl (C=O) groups is 2. The lowest BCUT2D eigenvalue weighted by Gasteiger charge is -2.28. The van der Waals surface area contributed by atoms with Gasteiger partial charge in [0.15, 0.2) is 0 Å². The number of hydrogen-bond acceptors (Lipinski definition) is 4. The Hall–Kier alpha value is -1.40. The Labute approximate surface area is 122 Å². The second-order valence-electron chi connectivity index (χ2n) is 4.89. The number of amides is 1. The van der Waals surface area contributed by atoms with Crippen molar-refractivity contribution < 1.29 is 19.4 Å². The van der Waals surface area contributed by atoms with Crippen molar-refractivity contribution in [3.8, 4) is 0 Å². The number of carboxylic acid groups (broad SMARTS) is 1. The summed E-state index contributed by atoms with van der Waals surface area (Å²) in [6.45, 7) is 0.401. The highest BCUT2D eigenvalue weighted by molar-refractivity contribution is 7.10. The van der Waals surface area contributed by atoms with Crippen molar-refractivity contribution in [1.29, 1.82) is 0 Å². The molecule has 1 N–H and O–H groups in total. The average Bonchev–Trinajstić information content (AvgIpc) is 2.90. The summed E-state index contributed by atoms with van der Waals surface area (Å²) in [6, 6.07) is 2.00. The SMILES string of the molecule is COCCN(CC(=O)O)C(=O)C1CCCc2sccc21. The number of ether oxygens (including phenoxy) is 1. The van der Waals surface area contributed by atoms with E-state index in [0.29, 0.717) is 13.2 Å². The third kappa shape index (κ3) is 3.37. The lowest BCUT2D eigenvalue weighted by atomic mass is 9.86. The number of methoxy groups -OCH3 is 1. The summed E-state index contributed by atoms with van der Waals surface area (Å²) in [7, 11) is 1.54. The van der Waals surface area contributed by atoms with Crippen LogP contribution in [0.5, 0.6) is 0 Å². The van der Waals surface area contributed by atoms with Crippen LogP contribution in [0.2, 0.25) is 0 Å². The summed E-state index contributed by atoms with van der Waals surface area (Å²) < 4.78 is 4.96. The zero-order valence-corrected chi connectivity index (χ0v) is 12.3. The summed E-state index contributed by atoms with van der Waals surface area (Å²) >= 11 is 1.68. The summed E-state index contributed by atoms with van der Waals surface area (Å²) in [5, 5.41) is 11.0. The van der Waals surface area contributed by atoms with E-state index in [9.17, 15) is 9.59 Å². The predicted octanol–water partition coefficient (Wildman–Crippen LogP) is 1.73. The first-order chi connectivity index (χ1) is 9.63. The lowest BCUT2D eigenvalue weighted by Crippen LogP contribution is -2.41. The highest BCUT2D eigenvalue weighted by atomic mass is 32.1. The maximum atomic E-state index is 12.6. The Morgan fingerprint density at radius 2 is 2.35 bits per heavy atom. The van der Waals surface area contributed by atoms with Gasteiger partial charge in [0.05, 0.1) is 12.5 Å². The predicted molar refractivity (Wildman–Crippen MR) is 76.1 cm³/mol. The van der Waals surface area contributed by atoms with Gasteiger partial charge in [-0.3, -0.25) is 9.59 Å². The van der Waals surface area contributed by atoms with E-state index in [-0.39, 0.29) is 18.4 Å². The molecule has 0 saturated heterocycles. The van der Waals surface area contributed by atoms with Gasteiger partial charge in [-0.1, -0.05) is 0 Å². The van der Waals surface area contributed by atoms with E-state index < -0.39 is 5.97 Å². The molecule has 1 amide bonds. The quantitative estimate of drug-likeness (QED) is 0.868. The van der Waals surface area contributed by atoms with E-state index in [1.807, 2.05) is 11.4 Å². The van der Waals surface area contributed by atoms with Crippen LogP contribution in [0.1, 0.15) is 29.2 Å². The van der Waals surface area contributed by atoms with Crippen molar-refractivity contribution >= 4 is 23.2 Å². The van der Waals surface area contributed by atoms with Crippen molar-refractivity contribution in [2.75, 3.05) is 26.8 Å². The van der Waals surface area contributed by atoms with Crippen LogP contribution in [-0.4, -0.2) is 48.7 Å². The van der Waals surface area contributed by atoms with Crippen molar-refractivity contribution in [2.45, 2.75) is 25.2 Å². The number of aryl methyl sites for hydroxylation is 1. The van der Waals surface area contributed by atoms with Gasteiger partial charge in [0.1, 0.15) is 6.54 Å². The van der Waals surface area contributed by atoms with Crippen LogP contribution in [0, 0.1) is 0 Å². The summed E-state index contributed by atoms with van der Waals surface area (Å²) in [5.74, 6) is -1.28. The minimum atomic E-state index is -0.990. The second-order valence-corrected chi connectivity index (χ2v) is 5.89. The van der Waals surface area contributed by atoms with Crippen molar-refractivity contribution in [2.24, 2.45) is 0 Å². The highest BCUT2D eigenvalue weighted by Gasteiger charge is 2.31. The van der Waals surface area contributed by atoms with E-state index in [1.54, 1.807) is 18.4 Å². The molecule has 5 nitrogen and oxygen atoms in total. The maximum Gasteiger partial charge on any atom is 0.323 e. The van der Waals surface area contributed by atoms with Gasteiger partial charge < -0.3 is 14.7 Å². The maximum absolute atomic E-state index is 12.6. The van der Waals surface area contributed by atoms with Crippen LogP contribution >= 0.6 is 11.3 Å². The molecule has 1 aromatic rings. The fraction of sp³-hybridized carbons (Fsp3) is 0.571. The average molecular weight is 297 g/mol. The van der Waals surface area contributed by atoms with Crippen molar-refractivity contribution in [3.63, 3.8) is 0 Å². The fourth-order valence-electron chi connectivity index (χ4n) is 2.60. The Bertz CT molecular complexity index is 485. The zero-order chi connectivity index (χ0) is 14.5. The molecule has 110 valence electrons. The van der Waals surface area contributed by atoms with E-state index >= 15 is 0 Å². The Morgan fingerprint density at radius 3 is 3.05 bits per heavy atom. The number of thiophene rings is 1. The molecule has 0 aromatic carbocycles.